The molecule has 0 aliphatic rings. The number of sulfonamides is 1. The Balaban J connectivity index is 2.32. The minimum atomic E-state index is -3.80. The van der Waals surface area contributed by atoms with E-state index in [4.69, 9.17) is 23.2 Å². The van der Waals surface area contributed by atoms with Gasteiger partial charge in [-0.1, -0.05) is 29.3 Å². The second-order valence-electron chi connectivity index (χ2n) is 5.67. The summed E-state index contributed by atoms with van der Waals surface area (Å²) in [5.74, 6) is -0.720. The van der Waals surface area contributed by atoms with Gasteiger partial charge in [-0.2, -0.15) is 0 Å². The van der Waals surface area contributed by atoms with E-state index in [-0.39, 0.29) is 22.1 Å². The number of amides is 1. The molecule has 27 heavy (non-hydrogen) atoms. The third-order valence-electron chi connectivity index (χ3n) is 3.56. The van der Waals surface area contributed by atoms with Crippen LogP contribution in [0.1, 0.15) is 5.56 Å². The first-order chi connectivity index (χ1) is 12.5. The zero-order valence-electron chi connectivity index (χ0n) is 14.3. The summed E-state index contributed by atoms with van der Waals surface area (Å²) in [7, 11) is -3.80. The van der Waals surface area contributed by atoms with Crippen LogP contribution in [0, 0.1) is 17.0 Å². The normalized spacial score (nSPS) is 11.1. The number of anilines is 2. The molecule has 2 aromatic carbocycles. The number of nitro benzene ring substituents is 1. The minimum absolute atomic E-state index is 0.00661. The van der Waals surface area contributed by atoms with E-state index in [0.717, 1.165) is 16.6 Å². The summed E-state index contributed by atoms with van der Waals surface area (Å²) in [5, 5.41) is 13.7. The highest BCUT2D eigenvalue weighted by Gasteiger charge is 2.23. The van der Waals surface area contributed by atoms with Crippen molar-refractivity contribution in [1.82, 2.24) is 0 Å². The number of carbonyl (C=O) groups excluding carboxylic acids is 1. The van der Waals surface area contributed by atoms with Gasteiger partial charge in [0.15, 0.2) is 0 Å². The first-order valence-electron chi connectivity index (χ1n) is 7.46. The molecule has 0 aliphatic carbocycles. The largest absolute Gasteiger partial charge is 0.323 e. The second-order valence-corrected chi connectivity index (χ2v) is 8.42. The summed E-state index contributed by atoms with van der Waals surface area (Å²) in [5.41, 5.74) is 0.601. The summed E-state index contributed by atoms with van der Waals surface area (Å²) in [6.07, 6.45) is 0.959. The fraction of sp³-hybridized carbons (Fsp3) is 0.188. The molecule has 0 fully saturated rings. The number of nitrogens with zero attached hydrogens (tertiary/aromatic N) is 2. The third kappa shape index (κ3) is 5.31. The lowest BCUT2D eigenvalue weighted by Gasteiger charge is -2.24. The Kier molecular flexibility index (Phi) is 6.30. The van der Waals surface area contributed by atoms with Crippen molar-refractivity contribution in [2.45, 2.75) is 6.92 Å². The molecular formula is C16H15Cl2N3O5S. The van der Waals surface area contributed by atoms with Crippen molar-refractivity contribution in [3.63, 3.8) is 0 Å². The van der Waals surface area contributed by atoms with Crippen molar-refractivity contribution in [3.8, 4) is 0 Å². The van der Waals surface area contributed by atoms with Gasteiger partial charge < -0.3 is 5.32 Å². The number of hydrogen-bond donors (Lipinski definition) is 1. The number of nitro groups is 1. The maximum atomic E-state index is 12.4. The number of aryl methyl sites for hydroxylation is 1. The SMILES string of the molecule is Cc1ccc(Cl)cc1N(CC(=O)Nc1cc([N+](=O)[O-])ccc1Cl)S(C)(=O)=O. The van der Waals surface area contributed by atoms with Crippen LogP contribution >= 0.6 is 23.2 Å². The van der Waals surface area contributed by atoms with Gasteiger partial charge in [-0.05, 0) is 30.7 Å². The van der Waals surface area contributed by atoms with Crippen molar-refractivity contribution in [1.29, 1.82) is 0 Å². The molecule has 0 saturated carbocycles. The third-order valence-corrected chi connectivity index (χ3v) is 5.25. The molecule has 0 aromatic heterocycles. The Bertz CT molecular complexity index is 1010. The Morgan fingerprint density at radius 2 is 1.89 bits per heavy atom. The first-order valence-corrected chi connectivity index (χ1v) is 10.1. The highest BCUT2D eigenvalue weighted by Crippen LogP contribution is 2.28. The molecule has 0 saturated heterocycles. The summed E-state index contributed by atoms with van der Waals surface area (Å²) in [6.45, 7) is 1.12. The number of rotatable bonds is 6. The zero-order valence-corrected chi connectivity index (χ0v) is 16.6. The van der Waals surface area contributed by atoms with E-state index in [1.165, 1.54) is 18.2 Å². The van der Waals surface area contributed by atoms with Crippen molar-refractivity contribution in [2.24, 2.45) is 0 Å². The lowest BCUT2D eigenvalue weighted by atomic mass is 10.2. The number of nitrogens with one attached hydrogen (secondary N) is 1. The molecule has 0 spiro atoms. The molecule has 144 valence electrons. The van der Waals surface area contributed by atoms with E-state index in [2.05, 4.69) is 5.32 Å². The molecule has 0 aliphatic heterocycles. The van der Waals surface area contributed by atoms with Crippen molar-refractivity contribution >= 4 is 56.2 Å². The maximum Gasteiger partial charge on any atom is 0.271 e. The molecule has 0 radical (unpaired) electrons. The van der Waals surface area contributed by atoms with Crippen LogP contribution in [-0.4, -0.2) is 32.0 Å². The van der Waals surface area contributed by atoms with Crippen LogP contribution in [0.3, 0.4) is 0 Å². The molecule has 1 amide bonds. The quantitative estimate of drug-likeness (QED) is 0.554. The van der Waals surface area contributed by atoms with Crippen molar-refractivity contribution < 1.29 is 18.1 Å². The number of carbonyl (C=O) groups is 1. The van der Waals surface area contributed by atoms with Gasteiger partial charge in [0.05, 0.1) is 27.6 Å². The highest BCUT2D eigenvalue weighted by atomic mass is 35.5. The Morgan fingerprint density at radius 1 is 1.22 bits per heavy atom. The van der Waals surface area contributed by atoms with Gasteiger partial charge in [0, 0.05) is 17.2 Å². The van der Waals surface area contributed by atoms with E-state index in [9.17, 15) is 23.3 Å². The number of benzene rings is 2. The average molecular weight is 432 g/mol. The fourth-order valence-electron chi connectivity index (χ4n) is 2.28. The first kappa shape index (κ1) is 20.9. The van der Waals surface area contributed by atoms with Gasteiger partial charge in [-0.3, -0.25) is 19.2 Å². The topological polar surface area (TPSA) is 110 Å². The fourth-order valence-corrected chi connectivity index (χ4v) is 3.51. The summed E-state index contributed by atoms with van der Waals surface area (Å²) >= 11 is 11.9. The molecule has 11 heteroatoms. The van der Waals surface area contributed by atoms with E-state index >= 15 is 0 Å². The summed E-state index contributed by atoms with van der Waals surface area (Å²) in [4.78, 5) is 22.6. The molecule has 0 heterocycles. The van der Waals surface area contributed by atoms with Crippen LogP contribution in [0.25, 0.3) is 0 Å². The van der Waals surface area contributed by atoms with Crippen LogP contribution in [0.15, 0.2) is 36.4 Å². The number of non-ortho nitro benzene ring substituents is 1. The molecule has 2 rings (SSSR count). The van der Waals surface area contributed by atoms with Gasteiger partial charge in [-0.25, -0.2) is 8.42 Å². The van der Waals surface area contributed by atoms with Crippen molar-refractivity contribution in [3.05, 3.63) is 62.1 Å². The van der Waals surface area contributed by atoms with Crippen LogP contribution in [0.5, 0.6) is 0 Å². The van der Waals surface area contributed by atoms with E-state index in [1.807, 2.05) is 0 Å². The smallest absolute Gasteiger partial charge is 0.271 e. The van der Waals surface area contributed by atoms with Crippen molar-refractivity contribution in [2.75, 3.05) is 22.4 Å². The highest BCUT2D eigenvalue weighted by molar-refractivity contribution is 7.92. The van der Waals surface area contributed by atoms with Gasteiger partial charge >= 0.3 is 0 Å². The Hall–Kier alpha value is -2.36. The molecular weight excluding hydrogens is 417 g/mol. The van der Waals surface area contributed by atoms with Gasteiger partial charge in [0.1, 0.15) is 6.54 Å². The molecule has 0 unspecified atom stereocenters. The van der Waals surface area contributed by atoms with Gasteiger partial charge in [0.2, 0.25) is 15.9 Å². The molecule has 0 bridgehead atoms. The lowest BCUT2D eigenvalue weighted by Crippen LogP contribution is -2.37. The van der Waals surface area contributed by atoms with Crippen LogP contribution < -0.4 is 9.62 Å². The standard InChI is InChI=1S/C16H15Cl2N3O5S/c1-10-3-4-11(17)7-15(10)20(27(2,25)26)9-16(22)19-14-8-12(21(23)24)5-6-13(14)18/h3-8H,9H2,1-2H3,(H,19,22). The van der Waals surface area contributed by atoms with Gasteiger partial charge in [-0.15, -0.1) is 0 Å². The van der Waals surface area contributed by atoms with Gasteiger partial charge in [0.25, 0.3) is 5.69 Å². The van der Waals surface area contributed by atoms with Crippen LogP contribution in [-0.2, 0) is 14.8 Å². The zero-order chi connectivity index (χ0) is 20.4. The monoisotopic (exact) mass is 431 g/mol. The van der Waals surface area contributed by atoms with Crippen LogP contribution in [0.4, 0.5) is 17.1 Å². The molecule has 0 atom stereocenters. The molecule has 2 aromatic rings. The predicted octanol–water partition coefficient (Wildman–Crippen LogP) is 3.61. The number of hydrogen-bond acceptors (Lipinski definition) is 5. The van der Waals surface area contributed by atoms with E-state index in [0.29, 0.717) is 10.6 Å². The Morgan fingerprint density at radius 3 is 2.48 bits per heavy atom. The molecule has 1 N–H and O–H groups in total. The Labute approximate surface area is 165 Å². The average Bonchev–Trinajstić information content (AvgIpc) is 2.56. The summed E-state index contributed by atoms with van der Waals surface area (Å²) in [6, 6.07) is 8.22. The molecule has 8 nitrogen and oxygen atoms in total. The predicted molar refractivity (Wildman–Crippen MR) is 105 cm³/mol. The minimum Gasteiger partial charge on any atom is -0.323 e. The summed E-state index contributed by atoms with van der Waals surface area (Å²) < 4.78 is 25.3. The number of halogens is 2. The van der Waals surface area contributed by atoms with E-state index < -0.39 is 27.4 Å². The van der Waals surface area contributed by atoms with Crippen LogP contribution in [0.2, 0.25) is 10.0 Å². The van der Waals surface area contributed by atoms with E-state index in [1.54, 1.807) is 19.1 Å². The second kappa shape index (κ2) is 8.12. The maximum absolute atomic E-state index is 12.4. The lowest BCUT2D eigenvalue weighted by molar-refractivity contribution is -0.384.